The molecule has 0 radical (unpaired) electrons. The van der Waals surface area contributed by atoms with E-state index < -0.39 is 12.0 Å². The van der Waals surface area contributed by atoms with E-state index in [1.165, 1.54) is 11.1 Å². The molecule has 1 atom stereocenters. The monoisotopic (exact) mass is 453 g/mol. The smallest absolute Gasteiger partial charge is 0.320 e. The number of hydrogen-bond acceptors (Lipinski definition) is 4. The summed E-state index contributed by atoms with van der Waals surface area (Å²) < 4.78 is 0. The molecule has 0 saturated carbocycles. The Morgan fingerprint density at radius 3 is 2.56 bits per heavy atom. The largest absolute Gasteiger partial charge is 0.480 e. The summed E-state index contributed by atoms with van der Waals surface area (Å²) >= 11 is 0. The minimum Gasteiger partial charge on any atom is -0.480 e. The molecule has 0 saturated heterocycles. The second-order valence-corrected chi connectivity index (χ2v) is 8.30. The van der Waals surface area contributed by atoms with Gasteiger partial charge in [0, 0.05) is 29.9 Å². The van der Waals surface area contributed by atoms with Gasteiger partial charge in [0.2, 0.25) is 0 Å². The Balaban J connectivity index is 1.33. The van der Waals surface area contributed by atoms with E-state index in [1.807, 2.05) is 24.4 Å². The number of carboxylic acid groups (broad SMARTS) is 1. The summed E-state index contributed by atoms with van der Waals surface area (Å²) in [6, 6.07) is 22.7. The molecule has 1 heterocycles. The van der Waals surface area contributed by atoms with Crippen LogP contribution in [0.5, 0.6) is 0 Å². The first-order valence-electron chi connectivity index (χ1n) is 11.3. The molecule has 0 fully saturated rings. The van der Waals surface area contributed by atoms with E-state index in [-0.39, 0.29) is 12.3 Å². The number of carboxylic acids is 1. The van der Waals surface area contributed by atoms with Gasteiger partial charge in [-0.25, -0.2) is 0 Å². The van der Waals surface area contributed by atoms with Crippen LogP contribution in [0.4, 0.5) is 0 Å². The lowest BCUT2D eigenvalue weighted by molar-refractivity contribution is -0.138. The highest BCUT2D eigenvalue weighted by atomic mass is 16.4. The van der Waals surface area contributed by atoms with Crippen LogP contribution in [0.3, 0.4) is 0 Å². The number of carbonyl (C=O) groups excluding carboxylic acids is 1. The molecule has 0 bridgehead atoms. The van der Waals surface area contributed by atoms with Gasteiger partial charge in [-0.1, -0.05) is 48.5 Å². The summed E-state index contributed by atoms with van der Waals surface area (Å²) in [6.45, 7) is 0.556. The number of rotatable bonds is 9. The van der Waals surface area contributed by atoms with Gasteiger partial charge in [-0.3, -0.25) is 14.6 Å². The third kappa shape index (κ3) is 5.66. The van der Waals surface area contributed by atoms with Crippen molar-refractivity contribution < 1.29 is 14.7 Å². The Kier molecular flexibility index (Phi) is 7.30. The number of hydrogen-bond donors (Lipinski definition) is 3. The molecule has 4 N–H and O–H groups in total. The average molecular weight is 454 g/mol. The van der Waals surface area contributed by atoms with Gasteiger partial charge in [-0.2, -0.15) is 0 Å². The van der Waals surface area contributed by atoms with Crippen molar-refractivity contribution in [3.05, 3.63) is 102 Å². The van der Waals surface area contributed by atoms with Gasteiger partial charge < -0.3 is 16.2 Å². The molecule has 0 aliphatic rings. The zero-order valence-corrected chi connectivity index (χ0v) is 18.8. The number of aryl methyl sites for hydroxylation is 1. The number of nitrogens with two attached hydrogens (primary N) is 1. The molecular formula is C28H27N3O3. The minimum absolute atomic E-state index is 0.149. The molecule has 4 rings (SSSR count). The summed E-state index contributed by atoms with van der Waals surface area (Å²) in [5.41, 5.74) is 10.5. The van der Waals surface area contributed by atoms with Crippen molar-refractivity contribution in [3.8, 4) is 11.1 Å². The number of aromatic nitrogens is 1. The first kappa shape index (κ1) is 23.1. The fourth-order valence-corrected chi connectivity index (χ4v) is 3.99. The number of nitrogens with one attached hydrogen (secondary N) is 1. The van der Waals surface area contributed by atoms with Crippen molar-refractivity contribution in [2.45, 2.75) is 25.3 Å². The van der Waals surface area contributed by atoms with Crippen LogP contribution in [0.1, 0.15) is 27.9 Å². The minimum atomic E-state index is -1.04. The summed E-state index contributed by atoms with van der Waals surface area (Å²) in [5, 5.41) is 14.2. The van der Waals surface area contributed by atoms with E-state index >= 15 is 0 Å². The van der Waals surface area contributed by atoms with E-state index in [1.54, 1.807) is 30.5 Å². The quantitative estimate of drug-likeness (QED) is 0.329. The average Bonchev–Trinajstić information content (AvgIpc) is 2.86. The molecule has 1 amide bonds. The Morgan fingerprint density at radius 1 is 0.971 bits per heavy atom. The van der Waals surface area contributed by atoms with E-state index in [0.717, 1.165) is 34.7 Å². The van der Waals surface area contributed by atoms with Crippen LogP contribution in [-0.4, -0.2) is 34.6 Å². The summed E-state index contributed by atoms with van der Waals surface area (Å²) in [6.07, 6.45) is 5.55. The summed E-state index contributed by atoms with van der Waals surface area (Å²) in [5.74, 6) is -1.19. The van der Waals surface area contributed by atoms with Gasteiger partial charge in [0.15, 0.2) is 0 Å². The van der Waals surface area contributed by atoms with Crippen molar-refractivity contribution in [1.29, 1.82) is 0 Å². The topological polar surface area (TPSA) is 105 Å². The lowest BCUT2D eigenvalue weighted by Crippen LogP contribution is -2.32. The van der Waals surface area contributed by atoms with Crippen molar-refractivity contribution in [2.75, 3.05) is 6.54 Å². The number of pyridine rings is 1. The van der Waals surface area contributed by atoms with Gasteiger partial charge >= 0.3 is 5.97 Å². The molecule has 6 nitrogen and oxygen atoms in total. The van der Waals surface area contributed by atoms with Crippen molar-refractivity contribution in [3.63, 3.8) is 0 Å². The molecule has 4 aromatic rings. The fraction of sp³-hybridized carbons (Fsp3) is 0.179. The van der Waals surface area contributed by atoms with Crippen molar-refractivity contribution in [2.24, 2.45) is 5.73 Å². The third-order valence-corrected chi connectivity index (χ3v) is 5.87. The van der Waals surface area contributed by atoms with E-state index in [4.69, 9.17) is 10.8 Å². The Labute approximate surface area is 198 Å². The van der Waals surface area contributed by atoms with Gasteiger partial charge in [-0.15, -0.1) is 0 Å². The van der Waals surface area contributed by atoms with Crippen molar-refractivity contribution >= 4 is 22.6 Å². The predicted molar refractivity (Wildman–Crippen MR) is 134 cm³/mol. The number of aliphatic carboxylic acids is 1. The van der Waals surface area contributed by atoms with Crippen LogP contribution in [0.2, 0.25) is 0 Å². The van der Waals surface area contributed by atoms with Crippen LogP contribution in [-0.2, 0) is 17.6 Å². The predicted octanol–water partition coefficient (Wildman–Crippen LogP) is 4.22. The molecule has 0 spiro atoms. The zero-order chi connectivity index (χ0) is 23.9. The first-order chi connectivity index (χ1) is 16.5. The highest BCUT2D eigenvalue weighted by Gasteiger charge is 2.13. The Hall–Kier alpha value is -4.03. The number of nitrogens with zero attached hydrogens (tertiary/aromatic N) is 1. The molecule has 0 aliphatic carbocycles. The Morgan fingerprint density at radius 2 is 1.76 bits per heavy atom. The summed E-state index contributed by atoms with van der Waals surface area (Å²) in [4.78, 5) is 27.6. The zero-order valence-electron chi connectivity index (χ0n) is 18.8. The fourth-order valence-electron chi connectivity index (χ4n) is 3.99. The van der Waals surface area contributed by atoms with Gasteiger partial charge in [0.25, 0.3) is 5.91 Å². The maximum absolute atomic E-state index is 12.5. The molecule has 34 heavy (non-hydrogen) atoms. The lowest BCUT2D eigenvalue weighted by atomic mass is 9.95. The molecule has 0 aliphatic heterocycles. The second-order valence-electron chi connectivity index (χ2n) is 8.30. The van der Waals surface area contributed by atoms with Crippen LogP contribution in [0.15, 0.2) is 85.2 Å². The highest BCUT2D eigenvalue weighted by molar-refractivity contribution is 5.94. The Bertz CT molecular complexity index is 1300. The van der Waals surface area contributed by atoms with Crippen LogP contribution >= 0.6 is 0 Å². The van der Waals surface area contributed by atoms with E-state index in [2.05, 4.69) is 40.6 Å². The molecule has 172 valence electrons. The van der Waals surface area contributed by atoms with Crippen LogP contribution < -0.4 is 11.1 Å². The normalized spacial score (nSPS) is 11.8. The van der Waals surface area contributed by atoms with Gasteiger partial charge in [-0.05, 0) is 71.2 Å². The van der Waals surface area contributed by atoms with E-state index in [9.17, 15) is 9.59 Å². The maximum atomic E-state index is 12.5. The number of carbonyl (C=O) groups is 2. The number of benzene rings is 3. The molecule has 6 heteroatoms. The number of fused-ring (bicyclic) bond motifs is 1. The van der Waals surface area contributed by atoms with Crippen LogP contribution in [0.25, 0.3) is 21.9 Å². The van der Waals surface area contributed by atoms with Crippen molar-refractivity contribution in [1.82, 2.24) is 10.3 Å². The second kappa shape index (κ2) is 10.7. The number of amides is 1. The molecule has 3 aromatic carbocycles. The van der Waals surface area contributed by atoms with Gasteiger partial charge in [0.1, 0.15) is 6.04 Å². The van der Waals surface area contributed by atoms with Gasteiger partial charge in [0.05, 0.1) is 0 Å². The van der Waals surface area contributed by atoms with Crippen LogP contribution in [0, 0.1) is 0 Å². The third-order valence-electron chi connectivity index (χ3n) is 5.87. The molecule has 1 aromatic heterocycles. The standard InChI is InChI=1S/C28H27N3O3/c29-26(28(33)34)16-19-7-9-22(10-8-19)27(32)31-14-3-5-21-4-1-2-6-25(21)23-12-11-20-13-15-30-18-24(20)17-23/h1-2,4,6-13,15,17-18,26H,3,5,14,16,29H2,(H,31,32)(H,33,34). The first-order valence-corrected chi connectivity index (χ1v) is 11.3. The molecular weight excluding hydrogens is 426 g/mol. The summed E-state index contributed by atoms with van der Waals surface area (Å²) in [7, 11) is 0. The van der Waals surface area contributed by atoms with E-state index in [0.29, 0.717) is 12.1 Å². The lowest BCUT2D eigenvalue weighted by Gasteiger charge is -2.11. The highest BCUT2D eigenvalue weighted by Crippen LogP contribution is 2.27. The maximum Gasteiger partial charge on any atom is 0.320 e. The SMILES string of the molecule is NC(Cc1ccc(C(=O)NCCCc2ccccc2-c2ccc3ccncc3c2)cc1)C(=O)O. The molecule has 1 unspecified atom stereocenters.